The molecule has 0 fully saturated rings. The van der Waals surface area contributed by atoms with E-state index in [-0.39, 0.29) is 40.4 Å². The van der Waals surface area contributed by atoms with Gasteiger partial charge in [0.05, 0.1) is 16.6 Å². The molecule has 8 heteroatoms. The molecule has 3 aromatic carbocycles. The first kappa shape index (κ1) is 19.1. The van der Waals surface area contributed by atoms with E-state index in [4.69, 9.17) is 11.1 Å². The first-order valence-corrected chi connectivity index (χ1v) is 9.00. The monoisotopic (exact) mass is 404 g/mol. The number of phenolic OH excluding ortho intramolecular Hbond substituents is 2. The maximum absolute atomic E-state index is 13.8. The van der Waals surface area contributed by atoms with E-state index < -0.39 is 5.82 Å². The maximum Gasteiger partial charge on any atom is 0.142 e. The van der Waals surface area contributed by atoms with Crippen LogP contribution in [-0.2, 0) is 11.2 Å². The third-order valence-electron chi connectivity index (χ3n) is 4.79. The van der Waals surface area contributed by atoms with Gasteiger partial charge in [-0.1, -0.05) is 0 Å². The maximum atomic E-state index is 13.8. The van der Waals surface area contributed by atoms with Gasteiger partial charge in [0.2, 0.25) is 0 Å². The van der Waals surface area contributed by atoms with Crippen molar-refractivity contribution in [1.82, 2.24) is 9.97 Å². The molecule has 30 heavy (non-hydrogen) atoms. The Hall–Kier alpha value is -4.20. The number of aldehydes is 1. The van der Waals surface area contributed by atoms with Crippen LogP contribution >= 0.6 is 0 Å². The molecule has 6 N–H and O–H groups in total. The highest BCUT2D eigenvalue weighted by Crippen LogP contribution is 2.42. The number of phenols is 2. The van der Waals surface area contributed by atoms with Crippen LogP contribution < -0.4 is 5.73 Å². The Labute approximate surface area is 170 Å². The van der Waals surface area contributed by atoms with Crippen LogP contribution in [0.2, 0.25) is 0 Å². The highest BCUT2D eigenvalue weighted by Gasteiger charge is 2.19. The zero-order chi connectivity index (χ0) is 21.4. The van der Waals surface area contributed by atoms with Crippen molar-refractivity contribution in [3.05, 3.63) is 65.5 Å². The van der Waals surface area contributed by atoms with Crippen molar-refractivity contribution in [3.8, 4) is 34.0 Å². The number of nitrogen functional groups attached to an aromatic ring is 1. The van der Waals surface area contributed by atoms with E-state index in [0.717, 1.165) is 12.1 Å². The lowest BCUT2D eigenvalue weighted by atomic mass is 9.96. The number of carbonyl (C=O) groups excluding carboxylic acids is 1. The predicted molar refractivity (Wildman–Crippen MR) is 111 cm³/mol. The minimum Gasteiger partial charge on any atom is -0.507 e. The van der Waals surface area contributed by atoms with Crippen molar-refractivity contribution in [1.29, 1.82) is 5.41 Å². The average Bonchev–Trinajstić information content (AvgIpc) is 3.14. The molecule has 0 bridgehead atoms. The number of rotatable bonds is 5. The smallest absolute Gasteiger partial charge is 0.142 e. The number of aromatic nitrogens is 2. The van der Waals surface area contributed by atoms with E-state index in [0.29, 0.717) is 34.3 Å². The van der Waals surface area contributed by atoms with Gasteiger partial charge in [0.1, 0.15) is 35.3 Å². The molecule has 150 valence electrons. The number of H-pyrrole nitrogens is 1. The molecule has 0 atom stereocenters. The zero-order valence-corrected chi connectivity index (χ0v) is 15.6. The van der Waals surface area contributed by atoms with E-state index >= 15 is 0 Å². The Balaban J connectivity index is 1.94. The summed E-state index contributed by atoms with van der Waals surface area (Å²) in [5, 5.41) is 28.7. The van der Waals surface area contributed by atoms with E-state index in [1.165, 1.54) is 12.1 Å². The quantitative estimate of drug-likeness (QED) is 0.197. The number of benzene rings is 3. The number of imidazole rings is 1. The Bertz CT molecular complexity index is 1310. The molecular formula is C22H17FN4O3. The molecule has 7 nitrogen and oxygen atoms in total. The summed E-state index contributed by atoms with van der Waals surface area (Å²) >= 11 is 0. The lowest BCUT2D eigenvalue weighted by Crippen LogP contribution is -2.10. The fourth-order valence-corrected chi connectivity index (χ4v) is 3.32. The third kappa shape index (κ3) is 3.35. The zero-order valence-electron chi connectivity index (χ0n) is 15.6. The standard InChI is InChI=1S/C22H17FN4O3/c23-13-2-4-19(29)14(10-13)15-7-11(5-6-28)8-16(20(15)30)22-26-17-3-1-12(21(24)25)9-18(17)27-22/h1-4,6-10,29-30H,5H2,(H3,24,25)(H,26,27). The van der Waals surface area contributed by atoms with Crippen molar-refractivity contribution >= 4 is 23.2 Å². The van der Waals surface area contributed by atoms with Crippen LogP contribution in [0.5, 0.6) is 11.5 Å². The summed E-state index contributed by atoms with van der Waals surface area (Å²) in [4.78, 5) is 18.6. The highest BCUT2D eigenvalue weighted by molar-refractivity contribution is 5.98. The summed E-state index contributed by atoms with van der Waals surface area (Å²) in [7, 11) is 0. The number of amidine groups is 1. The highest BCUT2D eigenvalue weighted by atomic mass is 19.1. The Morgan fingerprint density at radius 2 is 1.87 bits per heavy atom. The van der Waals surface area contributed by atoms with E-state index in [9.17, 15) is 19.4 Å². The molecule has 0 unspecified atom stereocenters. The Kier molecular flexibility index (Phi) is 4.67. The number of nitrogens with zero attached hydrogens (tertiary/aromatic N) is 1. The van der Waals surface area contributed by atoms with Gasteiger partial charge in [-0.15, -0.1) is 0 Å². The molecule has 4 rings (SSSR count). The summed E-state index contributed by atoms with van der Waals surface area (Å²) in [6.45, 7) is 0. The normalized spacial score (nSPS) is 11.0. The Morgan fingerprint density at radius 3 is 2.60 bits per heavy atom. The van der Waals surface area contributed by atoms with Crippen molar-refractivity contribution in [2.45, 2.75) is 6.42 Å². The van der Waals surface area contributed by atoms with Gasteiger partial charge in [-0.3, -0.25) is 5.41 Å². The van der Waals surface area contributed by atoms with Crippen LogP contribution in [0.3, 0.4) is 0 Å². The number of hydrogen-bond donors (Lipinski definition) is 5. The fraction of sp³-hybridized carbons (Fsp3) is 0.0455. The molecule has 0 amide bonds. The number of nitrogens with two attached hydrogens (primary N) is 1. The second-order valence-electron chi connectivity index (χ2n) is 6.80. The van der Waals surface area contributed by atoms with E-state index in [2.05, 4.69) is 9.97 Å². The lowest BCUT2D eigenvalue weighted by molar-refractivity contribution is -0.107. The van der Waals surface area contributed by atoms with Gasteiger partial charge in [0.25, 0.3) is 0 Å². The number of nitrogens with one attached hydrogen (secondary N) is 2. The van der Waals surface area contributed by atoms with Gasteiger partial charge >= 0.3 is 0 Å². The number of carbonyl (C=O) groups is 1. The molecular weight excluding hydrogens is 387 g/mol. The molecule has 0 aliphatic carbocycles. The van der Waals surface area contributed by atoms with Crippen LogP contribution in [0.4, 0.5) is 4.39 Å². The number of halogens is 1. The second kappa shape index (κ2) is 7.32. The topological polar surface area (TPSA) is 136 Å². The predicted octanol–water partition coefficient (Wildman–Crippen LogP) is 3.47. The molecule has 1 heterocycles. The molecule has 0 aliphatic heterocycles. The summed E-state index contributed by atoms with van der Waals surface area (Å²) in [5.41, 5.74) is 8.35. The summed E-state index contributed by atoms with van der Waals surface area (Å²) in [6.07, 6.45) is 0.772. The molecule has 0 radical (unpaired) electrons. The Morgan fingerprint density at radius 1 is 1.10 bits per heavy atom. The van der Waals surface area contributed by atoms with E-state index in [1.54, 1.807) is 24.3 Å². The van der Waals surface area contributed by atoms with Crippen LogP contribution in [0.15, 0.2) is 48.5 Å². The number of aromatic amines is 1. The molecule has 4 aromatic rings. The lowest BCUT2D eigenvalue weighted by Gasteiger charge is -2.13. The number of aromatic hydroxyl groups is 2. The number of fused-ring (bicyclic) bond motifs is 1. The summed E-state index contributed by atoms with van der Waals surface area (Å²) in [6, 6.07) is 11.6. The largest absolute Gasteiger partial charge is 0.507 e. The van der Waals surface area contributed by atoms with Crippen LogP contribution in [-0.4, -0.2) is 32.3 Å². The molecule has 0 aliphatic rings. The molecule has 0 spiro atoms. The van der Waals surface area contributed by atoms with Gasteiger partial charge in [-0.2, -0.15) is 0 Å². The molecule has 0 saturated carbocycles. The first-order chi connectivity index (χ1) is 14.4. The fourth-order valence-electron chi connectivity index (χ4n) is 3.32. The van der Waals surface area contributed by atoms with Crippen LogP contribution in [0.25, 0.3) is 33.5 Å². The SMILES string of the molecule is N=C(N)c1ccc2nc(-c3cc(CC=O)cc(-c4cc(F)ccc4O)c3O)[nH]c2c1. The molecule has 1 aromatic heterocycles. The average molecular weight is 404 g/mol. The second-order valence-corrected chi connectivity index (χ2v) is 6.80. The van der Waals surface area contributed by atoms with Crippen LogP contribution in [0.1, 0.15) is 11.1 Å². The van der Waals surface area contributed by atoms with Gasteiger partial charge in [0.15, 0.2) is 0 Å². The first-order valence-electron chi connectivity index (χ1n) is 9.00. The minimum absolute atomic E-state index is 0.0606. The van der Waals surface area contributed by atoms with Gasteiger partial charge in [0, 0.05) is 23.1 Å². The van der Waals surface area contributed by atoms with Gasteiger partial charge in [-0.25, -0.2) is 9.37 Å². The van der Waals surface area contributed by atoms with Crippen LogP contribution in [0, 0.1) is 11.2 Å². The van der Waals surface area contributed by atoms with Gasteiger partial charge < -0.3 is 25.7 Å². The number of hydrogen-bond acceptors (Lipinski definition) is 5. The third-order valence-corrected chi connectivity index (χ3v) is 4.79. The van der Waals surface area contributed by atoms with Crippen molar-refractivity contribution in [2.75, 3.05) is 0 Å². The van der Waals surface area contributed by atoms with Crippen molar-refractivity contribution < 1.29 is 19.4 Å². The molecule has 0 saturated heterocycles. The van der Waals surface area contributed by atoms with Gasteiger partial charge in [-0.05, 0) is 54.1 Å². The summed E-state index contributed by atoms with van der Waals surface area (Å²) in [5.74, 6) is -0.793. The van der Waals surface area contributed by atoms with E-state index in [1.807, 2.05) is 0 Å². The van der Waals surface area contributed by atoms with Crippen molar-refractivity contribution in [2.24, 2.45) is 5.73 Å². The minimum atomic E-state index is -0.579. The summed E-state index contributed by atoms with van der Waals surface area (Å²) < 4.78 is 13.8. The van der Waals surface area contributed by atoms with Crippen molar-refractivity contribution in [3.63, 3.8) is 0 Å².